The first-order chi connectivity index (χ1) is 8.20. The highest BCUT2D eigenvalue weighted by atomic mass is 19.1. The first-order valence-electron chi connectivity index (χ1n) is 4.97. The predicted molar refractivity (Wildman–Crippen MR) is 58.6 cm³/mol. The van der Waals surface area contributed by atoms with Crippen LogP contribution in [0, 0.1) is 11.6 Å². The molecule has 0 radical (unpaired) electrons. The van der Waals surface area contributed by atoms with Crippen molar-refractivity contribution in [2.75, 3.05) is 0 Å². The summed E-state index contributed by atoms with van der Waals surface area (Å²) in [5, 5.41) is 0. The number of aromatic nitrogens is 1. The summed E-state index contributed by atoms with van der Waals surface area (Å²) in [4.78, 5) is 3.98. The second-order valence-corrected chi connectivity index (χ2v) is 3.33. The number of ether oxygens (including phenoxy) is 1. The fourth-order valence-corrected chi connectivity index (χ4v) is 1.34. The van der Waals surface area contributed by atoms with E-state index in [-0.39, 0.29) is 12.3 Å². The Bertz CT molecular complexity index is 532. The van der Waals surface area contributed by atoms with Gasteiger partial charge in [-0.2, -0.15) is 0 Å². The first kappa shape index (κ1) is 11.5. The molecule has 2 aromatic rings. The monoisotopic (exact) mass is 236 g/mol. The molecule has 0 saturated heterocycles. The average Bonchev–Trinajstić information content (AvgIpc) is 2.34. The highest BCUT2D eigenvalue weighted by Gasteiger charge is 2.09. The fourth-order valence-electron chi connectivity index (χ4n) is 1.34. The second kappa shape index (κ2) is 4.88. The number of nitrogens with two attached hydrogens (primary N) is 1. The SMILES string of the molecule is NCc1ncccc1Oc1cc(F)ccc1F. The zero-order chi connectivity index (χ0) is 12.3. The highest BCUT2D eigenvalue weighted by molar-refractivity contribution is 5.34. The van der Waals surface area contributed by atoms with Crippen LogP contribution in [-0.4, -0.2) is 4.98 Å². The lowest BCUT2D eigenvalue weighted by atomic mass is 10.3. The summed E-state index contributed by atoms with van der Waals surface area (Å²) in [6.07, 6.45) is 1.55. The van der Waals surface area contributed by atoms with Crippen molar-refractivity contribution < 1.29 is 13.5 Å². The van der Waals surface area contributed by atoms with Crippen molar-refractivity contribution in [1.82, 2.24) is 4.98 Å². The van der Waals surface area contributed by atoms with Gasteiger partial charge in [-0.25, -0.2) is 8.78 Å². The quantitative estimate of drug-likeness (QED) is 0.891. The molecule has 88 valence electrons. The Morgan fingerprint density at radius 2 is 2.00 bits per heavy atom. The molecule has 0 aliphatic heterocycles. The van der Waals surface area contributed by atoms with E-state index >= 15 is 0 Å². The van der Waals surface area contributed by atoms with Crippen molar-refractivity contribution in [2.24, 2.45) is 5.73 Å². The van der Waals surface area contributed by atoms with Crippen LogP contribution < -0.4 is 10.5 Å². The summed E-state index contributed by atoms with van der Waals surface area (Å²) in [5.74, 6) is -1.08. The van der Waals surface area contributed by atoms with Gasteiger partial charge in [0.15, 0.2) is 11.6 Å². The van der Waals surface area contributed by atoms with Crippen molar-refractivity contribution >= 4 is 0 Å². The van der Waals surface area contributed by atoms with Crippen LogP contribution in [0.15, 0.2) is 36.5 Å². The van der Waals surface area contributed by atoms with Gasteiger partial charge in [0.05, 0.1) is 5.69 Å². The van der Waals surface area contributed by atoms with Crippen molar-refractivity contribution in [3.8, 4) is 11.5 Å². The van der Waals surface area contributed by atoms with E-state index in [1.165, 1.54) is 0 Å². The molecule has 3 nitrogen and oxygen atoms in total. The molecule has 0 unspecified atom stereocenters. The molecule has 0 aliphatic carbocycles. The highest BCUT2D eigenvalue weighted by Crippen LogP contribution is 2.26. The number of hydrogen-bond donors (Lipinski definition) is 1. The van der Waals surface area contributed by atoms with E-state index in [0.717, 1.165) is 18.2 Å². The number of hydrogen-bond acceptors (Lipinski definition) is 3. The van der Waals surface area contributed by atoms with Gasteiger partial charge in [-0.1, -0.05) is 0 Å². The minimum absolute atomic E-state index is 0.160. The lowest BCUT2D eigenvalue weighted by Gasteiger charge is -2.09. The maximum atomic E-state index is 13.3. The largest absolute Gasteiger partial charge is 0.452 e. The molecule has 2 N–H and O–H groups in total. The molecular weight excluding hydrogens is 226 g/mol. The number of rotatable bonds is 3. The third-order valence-corrected chi connectivity index (χ3v) is 2.15. The molecule has 0 saturated carbocycles. The number of benzene rings is 1. The van der Waals surface area contributed by atoms with Crippen LogP contribution in [-0.2, 0) is 6.54 Å². The number of pyridine rings is 1. The molecule has 0 bridgehead atoms. The van der Waals surface area contributed by atoms with E-state index in [2.05, 4.69) is 4.98 Å². The van der Waals surface area contributed by atoms with Gasteiger partial charge in [0, 0.05) is 18.8 Å². The maximum absolute atomic E-state index is 13.3. The lowest BCUT2D eigenvalue weighted by molar-refractivity contribution is 0.430. The van der Waals surface area contributed by atoms with E-state index in [4.69, 9.17) is 10.5 Å². The summed E-state index contributed by atoms with van der Waals surface area (Å²) in [6, 6.07) is 6.23. The summed E-state index contributed by atoms with van der Waals surface area (Å²) >= 11 is 0. The van der Waals surface area contributed by atoms with Crippen molar-refractivity contribution in [3.05, 3.63) is 53.9 Å². The molecule has 2 rings (SSSR count). The fraction of sp³-hybridized carbons (Fsp3) is 0.0833. The Kier molecular flexibility index (Phi) is 3.30. The zero-order valence-electron chi connectivity index (χ0n) is 8.86. The van der Waals surface area contributed by atoms with E-state index < -0.39 is 11.6 Å². The molecule has 0 fully saturated rings. The van der Waals surface area contributed by atoms with E-state index in [1.807, 2.05) is 0 Å². The maximum Gasteiger partial charge on any atom is 0.166 e. The smallest absolute Gasteiger partial charge is 0.166 e. The third kappa shape index (κ3) is 2.57. The third-order valence-electron chi connectivity index (χ3n) is 2.15. The lowest BCUT2D eigenvalue weighted by Crippen LogP contribution is -2.02. The van der Waals surface area contributed by atoms with Crippen LogP contribution in [0.1, 0.15) is 5.69 Å². The van der Waals surface area contributed by atoms with E-state index in [1.54, 1.807) is 18.3 Å². The Labute approximate surface area is 96.9 Å². The molecule has 0 amide bonds. The van der Waals surface area contributed by atoms with E-state index in [0.29, 0.717) is 11.4 Å². The van der Waals surface area contributed by atoms with Crippen LogP contribution in [0.3, 0.4) is 0 Å². The zero-order valence-corrected chi connectivity index (χ0v) is 8.86. The van der Waals surface area contributed by atoms with Gasteiger partial charge in [-0.3, -0.25) is 4.98 Å². The summed E-state index contributed by atoms with van der Waals surface area (Å²) < 4.78 is 31.5. The Morgan fingerprint density at radius 1 is 1.18 bits per heavy atom. The molecule has 5 heteroatoms. The summed E-state index contributed by atoms with van der Waals surface area (Å²) in [6.45, 7) is 0.160. The second-order valence-electron chi connectivity index (χ2n) is 3.33. The topological polar surface area (TPSA) is 48.1 Å². The van der Waals surface area contributed by atoms with Crippen LogP contribution >= 0.6 is 0 Å². The minimum Gasteiger partial charge on any atom is -0.452 e. The molecular formula is C12H10F2N2O. The molecule has 17 heavy (non-hydrogen) atoms. The molecule has 0 aliphatic rings. The Hall–Kier alpha value is -2.01. The minimum atomic E-state index is -0.641. The first-order valence-corrected chi connectivity index (χ1v) is 4.97. The Balaban J connectivity index is 2.34. The number of nitrogens with zero attached hydrogens (tertiary/aromatic N) is 1. The van der Waals surface area contributed by atoms with Gasteiger partial charge < -0.3 is 10.5 Å². The van der Waals surface area contributed by atoms with Crippen LogP contribution in [0.5, 0.6) is 11.5 Å². The standard InChI is InChI=1S/C12H10F2N2O/c13-8-3-4-9(14)12(6-8)17-11-2-1-5-16-10(11)7-15/h1-6H,7,15H2. The molecule has 1 aromatic carbocycles. The molecule has 0 spiro atoms. The summed E-state index contributed by atoms with van der Waals surface area (Å²) in [7, 11) is 0. The van der Waals surface area contributed by atoms with Crippen molar-refractivity contribution in [2.45, 2.75) is 6.54 Å². The molecule has 1 heterocycles. The van der Waals surface area contributed by atoms with Gasteiger partial charge in [0.2, 0.25) is 0 Å². The van der Waals surface area contributed by atoms with Crippen LogP contribution in [0.25, 0.3) is 0 Å². The van der Waals surface area contributed by atoms with Gasteiger partial charge in [-0.15, -0.1) is 0 Å². The van der Waals surface area contributed by atoms with Gasteiger partial charge in [0.1, 0.15) is 11.6 Å². The molecule has 0 atom stereocenters. The van der Waals surface area contributed by atoms with Crippen LogP contribution in [0.4, 0.5) is 8.78 Å². The number of halogens is 2. The summed E-state index contributed by atoms with van der Waals surface area (Å²) in [5.41, 5.74) is 5.94. The van der Waals surface area contributed by atoms with Gasteiger partial charge in [-0.05, 0) is 24.3 Å². The predicted octanol–water partition coefficient (Wildman–Crippen LogP) is 2.61. The van der Waals surface area contributed by atoms with E-state index in [9.17, 15) is 8.78 Å². The normalized spacial score (nSPS) is 10.3. The Morgan fingerprint density at radius 3 is 2.76 bits per heavy atom. The molecule has 1 aromatic heterocycles. The average molecular weight is 236 g/mol. The van der Waals surface area contributed by atoms with Crippen molar-refractivity contribution in [3.63, 3.8) is 0 Å². The van der Waals surface area contributed by atoms with Crippen LogP contribution in [0.2, 0.25) is 0 Å². The van der Waals surface area contributed by atoms with Gasteiger partial charge in [0.25, 0.3) is 0 Å². The van der Waals surface area contributed by atoms with Crippen molar-refractivity contribution in [1.29, 1.82) is 0 Å². The van der Waals surface area contributed by atoms with Gasteiger partial charge >= 0.3 is 0 Å².